The molecule has 8 nitrogen and oxygen atoms in total. The number of ether oxygens (including phenoxy) is 2. The molecule has 0 aromatic carbocycles. The molecule has 0 radical (unpaired) electrons. The molecule has 1 saturated heterocycles. The summed E-state index contributed by atoms with van der Waals surface area (Å²) in [5.74, 6) is -2.44. The molecule has 2 aliphatic rings. The van der Waals surface area contributed by atoms with E-state index < -0.39 is 30.0 Å². The number of amides is 1. The summed E-state index contributed by atoms with van der Waals surface area (Å²) in [6, 6.07) is 0. The molecule has 1 amide bonds. The van der Waals surface area contributed by atoms with Crippen LogP contribution in [0.2, 0.25) is 0 Å². The molecule has 1 heterocycles. The monoisotopic (exact) mass is 318 g/mol. The van der Waals surface area contributed by atoms with Gasteiger partial charge in [-0.05, 0) is 25.8 Å². The summed E-state index contributed by atoms with van der Waals surface area (Å²) >= 11 is 0. The van der Waals surface area contributed by atoms with Crippen LogP contribution in [0.3, 0.4) is 0 Å². The smallest absolute Gasteiger partial charge is 0.220 e. The highest BCUT2D eigenvalue weighted by Crippen LogP contribution is 2.59. The summed E-state index contributed by atoms with van der Waals surface area (Å²) in [5, 5.41) is 31.7. The number of hydrogen-bond acceptors (Lipinski definition) is 7. The van der Waals surface area contributed by atoms with E-state index in [0.717, 1.165) is 12.8 Å². The van der Waals surface area contributed by atoms with Crippen molar-refractivity contribution in [2.45, 2.75) is 43.9 Å². The number of fused-ring (bicyclic) bond motifs is 1. The van der Waals surface area contributed by atoms with E-state index in [4.69, 9.17) is 20.3 Å². The van der Waals surface area contributed by atoms with Crippen molar-refractivity contribution >= 4 is 5.91 Å². The Bertz CT molecular complexity index is 382. The van der Waals surface area contributed by atoms with Gasteiger partial charge in [-0.3, -0.25) is 4.79 Å². The van der Waals surface area contributed by atoms with Crippen LogP contribution >= 0.6 is 0 Å². The van der Waals surface area contributed by atoms with Gasteiger partial charge in [0.15, 0.2) is 12.1 Å². The normalized spacial score (nSPS) is 36.2. The fraction of sp³-hybridized carbons (Fsp3) is 0.929. The van der Waals surface area contributed by atoms with Crippen molar-refractivity contribution in [3.63, 3.8) is 0 Å². The third-order valence-electron chi connectivity index (χ3n) is 4.27. The van der Waals surface area contributed by atoms with Crippen molar-refractivity contribution in [3.05, 3.63) is 0 Å². The average molecular weight is 318 g/mol. The van der Waals surface area contributed by atoms with Crippen molar-refractivity contribution in [3.8, 4) is 0 Å². The Morgan fingerprint density at radius 2 is 2.14 bits per heavy atom. The van der Waals surface area contributed by atoms with Gasteiger partial charge in [-0.1, -0.05) is 0 Å². The average Bonchev–Trinajstić information content (AvgIpc) is 3.01. The summed E-state index contributed by atoms with van der Waals surface area (Å²) < 4.78 is 10.6. The van der Waals surface area contributed by atoms with Crippen molar-refractivity contribution in [2.24, 2.45) is 17.6 Å². The number of carbonyl (C=O) groups excluding carboxylic acids is 1. The highest BCUT2D eigenvalue weighted by Gasteiger charge is 2.75. The Balaban J connectivity index is 1.54. The van der Waals surface area contributed by atoms with Crippen molar-refractivity contribution < 1.29 is 29.6 Å². The number of nitrogens with two attached hydrogens (primary N) is 1. The molecule has 5 unspecified atom stereocenters. The van der Waals surface area contributed by atoms with Gasteiger partial charge in [-0.25, -0.2) is 0 Å². The third-order valence-corrected chi connectivity index (χ3v) is 4.27. The number of rotatable bonds is 10. The van der Waals surface area contributed by atoms with E-state index in [9.17, 15) is 15.0 Å². The van der Waals surface area contributed by atoms with E-state index in [1.165, 1.54) is 0 Å². The predicted molar refractivity (Wildman–Crippen MR) is 76.4 cm³/mol. The molecule has 22 heavy (non-hydrogen) atoms. The van der Waals surface area contributed by atoms with Gasteiger partial charge in [-0.15, -0.1) is 0 Å². The first-order valence-electron chi connectivity index (χ1n) is 7.82. The van der Waals surface area contributed by atoms with E-state index >= 15 is 0 Å². The van der Waals surface area contributed by atoms with Crippen LogP contribution in [0.4, 0.5) is 0 Å². The molecule has 0 aromatic heterocycles. The highest BCUT2D eigenvalue weighted by molar-refractivity contribution is 5.75. The van der Waals surface area contributed by atoms with Crippen LogP contribution in [-0.2, 0) is 14.3 Å². The number of carbonyl (C=O) groups is 1. The molecular weight excluding hydrogens is 292 g/mol. The lowest BCUT2D eigenvalue weighted by Gasteiger charge is -2.20. The Morgan fingerprint density at radius 3 is 2.73 bits per heavy atom. The van der Waals surface area contributed by atoms with Gasteiger partial charge in [-0.2, -0.15) is 0 Å². The lowest BCUT2D eigenvalue weighted by Crippen LogP contribution is -2.32. The number of aliphatic hydroxyl groups excluding tert-OH is 2. The van der Waals surface area contributed by atoms with Gasteiger partial charge >= 0.3 is 0 Å². The van der Waals surface area contributed by atoms with Crippen molar-refractivity contribution in [1.29, 1.82) is 0 Å². The molecule has 128 valence electrons. The fourth-order valence-corrected chi connectivity index (χ4v) is 2.91. The zero-order chi connectivity index (χ0) is 16.2. The Labute approximate surface area is 129 Å². The zero-order valence-corrected chi connectivity index (χ0v) is 12.6. The van der Waals surface area contributed by atoms with Gasteiger partial charge in [0.05, 0.1) is 19.1 Å². The topological polar surface area (TPSA) is 134 Å². The molecule has 5 atom stereocenters. The summed E-state index contributed by atoms with van der Waals surface area (Å²) in [5.41, 5.74) is 5.36. The first kappa shape index (κ1) is 17.6. The minimum atomic E-state index is -1.46. The quantitative estimate of drug-likeness (QED) is 0.303. The van der Waals surface area contributed by atoms with E-state index in [1.54, 1.807) is 0 Å². The van der Waals surface area contributed by atoms with Crippen molar-refractivity contribution in [1.82, 2.24) is 5.32 Å². The second-order valence-electron chi connectivity index (χ2n) is 5.86. The standard InChI is InChI=1S/C14H26N2O6/c15-5-1-2-6-16-10(18)4-3-7-21-13-12(19)11-9(8-17)14(11,20)22-13/h9,11-13,17,19-20H,1-8,15H2,(H,16,18). The van der Waals surface area contributed by atoms with E-state index in [0.29, 0.717) is 25.9 Å². The minimum absolute atomic E-state index is 0.0460. The molecule has 2 rings (SSSR count). The van der Waals surface area contributed by atoms with Crippen LogP contribution < -0.4 is 11.1 Å². The van der Waals surface area contributed by atoms with Gasteiger partial charge < -0.3 is 35.8 Å². The van der Waals surface area contributed by atoms with Gasteiger partial charge in [0, 0.05) is 18.9 Å². The summed E-state index contributed by atoms with van der Waals surface area (Å²) in [7, 11) is 0. The molecular formula is C14H26N2O6. The van der Waals surface area contributed by atoms with Crippen LogP contribution in [0.25, 0.3) is 0 Å². The SMILES string of the molecule is NCCCCNC(=O)CCCOC1OC2(O)C(CO)C2C1O. The van der Waals surface area contributed by atoms with Crippen LogP contribution in [0.1, 0.15) is 25.7 Å². The second kappa shape index (κ2) is 7.67. The van der Waals surface area contributed by atoms with E-state index in [1.807, 2.05) is 0 Å². The fourth-order valence-electron chi connectivity index (χ4n) is 2.91. The van der Waals surface area contributed by atoms with Crippen LogP contribution in [0, 0.1) is 11.8 Å². The maximum Gasteiger partial charge on any atom is 0.220 e. The first-order valence-corrected chi connectivity index (χ1v) is 7.82. The number of nitrogens with one attached hydrogen (secondary N) is 1. The Hall–Kier alpha value is -0.770. The number of hydrogen-bond donors (Lipinski definition) is 5. The summed E-state index contributed by atoms with van der Waals surface area (Å²) in [6.45, 7) is 1.27. The van der Waals surface area contributed by atoms with Gasteiger partial charge in [0.2, 0.25) is 5.91 Å². The Morgan fingerprint density at radius 1 is 1.36 bits per heavy atom. The van der Waals surface area contributed by atoms with Crippen LogP contribution in [0.15, 0.2) is 0 Å². The van der Waals surface area contributed by atoms with Crippen molar-refractivity contribution in [2.75, 3.05) is 26.3 Å². The largest absolute Gasteiger partial charge is 0.396 e. The molecule has 1 saturated carbocycles. The second-order valence-corrected chi connectivity index (χ2v) is 5.86. The number of aliphatic hydroxyl groups is 3. The molecule has 0 spiro atoms. The Kier molecular flexibility index (Phi) is 6.13. The number of unbranched alkanes of at least 4 members (excludes halogenated alkanes) is 1. The molecule has 6 N–H and O–H groups in total. The maximum atomic E-state index is 11.5. The minimum Gasteiger partial charge on any atom is -0.396 e. The van der Waals surface area contributed by atoms with Crippen LogP contribution in [-0.4, -0.2) is 65.7 Å². The summed E-state index contributed by atoms with van der Waals surface area (Å²) in [6.07, 6.45) is 0.740. The maximum absolute atomic E-state index is 11.5. The van der Waals surface area contributed by atoms with Gasteiger partial charge in [0.25, 0.3) is 0 Å². The zero-order valence-electron chi connectivity index (χ0n) is 12.6. The molecule has 1 aliphatic heterocycles. The van der Waals surface area contributed by atoms with Gasteiger partial charge in [0.1, 0.15) is 6.10 Å². The molecule has 1 aliphatic carbocycles. The summed E-state index contributed by atoms with van der Waals surface area (Å²) in [4.78, 5) is 11.5. The van der Waals surface area contributed by atoms with E-state index in [-0.39, 0.29) is 19.1 Å². The van der Waals surface area contributed by atoms with E-state index in [2.05, 4.69) is 5.32 Å². The highest BCUT2D eigenvalue weighted by atomic mass is 16.8. The predicted octanol–water partition coefficient (Wildman–Crippen LogP) is -1.72. The first-order chi connectivity index (χ1) is 10.5. The lowest BCUT2D eigenvalue weighted by atomic mass is 10.2. The molecule has 8 heteroatoms. The van der Waals surface area contributed by atoms with Crippen LogP contribution in [0.5, 0.6) is 0 Å². The molecule has 0 bridgehead atoms. The molecule has 2 fully saturated rings. The lowest BCUT2D eigenvalue weighted by molar-refractivity contribution is -0.245. The molecule has 0 aromatic rings. The third kappa shape index (κ3) is 3.76.